The molecule has 0 saturated heterocycles. The number of halogens is 1. The fourth-order valence-electron chi connectivity index (χ4n) is 1.10. The summed E-state index contributed by atoms with van der Waals surface area (Å²) in [5.41, 5.74) is 5.60. The van der Waals surface area contributed by atoms with Gasteiger partial charge >= 0.3 is 0 Å². The molecule has 8 heteroatoms. The van der Waals surface area contributed by atoms with Gasteiger partial charge in [0.15, 0.2) is 0 Å². The van der Waals surface area contributed by atoms with E-state index in [2.05, 4.69) is 21.2 Å². The van der Waals surface area contributed by atoms with E-state index in [0.717, 1.165) is 0 Å². The quantitative estimate of drug-likeness (QED) is 0.275. The van der Waals surface area contributed by atoms with Crippen LogP contribution in [-0.4, -0.2) is 49.7 Å². The van der Waals surface area contributed by atoms with Gasteiger partial charge in [0.1, 0.15) is 6.10 Å². The molecule has 0 amide bonds. The lowest BCUT2D eigenvalue weighted by atomic mass is 10.3. The van der Waals surface area contributed by atoms with Crippen molar-refractivity contribution in [1.82, 2.24) is 9.91 Å². The highest BCUT2D eigenvalue weighted by Crippen LogP contribution is 2.18. The number of ether oxygens (including phenoxy) is 1. The average Bonchev–Trinajstić information content (AvgIpc) is 2.16. The van der Waals surface area contributed by atoms with Gasteiger partial charge < -0.3 is 20.4 Å². The SMILES string of the molecule is CN(C)CC(CN(N)/C=C(\N)SI)OC=O. The second-order valence-electron chi connectivity index (χ2n) is 3.42. The summed E-state index contributed by atoms with van der Waals surface area (Å²) in [5, 5.41) is 2.01. The first-order valence-corrected chi connectivity index (χ1v) is 7.86. The molecule has 0 radical (unpaired) electrons. The maximum absolute atomic E-state index is 10.3. The standard InChI is InChI=1S/C8H17IN4O2S/c1-12(2)3-7(15-6-14)4-13(11)5-8(10)16-9/h5-7H,3-4,10-11H2,1-2H3/b8-5+. The fraction of sp³-hybridized carbons (Fsp3) is 0.625. The predicted molar refractivity (Wildman–Crippen MR) is 74.3 cm³/mol. The van der Waals surface area contributed by atoms with Crippen LogP contribution in [0.25, 0.3) is 0 Å². The van der Waals surface area contributed by atoms with Gasteiger partial charge in [0.25, 0.3) is 6.47 Å². The first kappa shape index (κ1) is 15.8. The smallest absolute Gasteiger partial charge is 0.293 e. The Morgan fingerprint density at radius 2 is 2.19 bits per heavy atom. The van der Waals surface area contributed by atoms with Gasteiger partial charge in [-0.1, -0.05) is 0 Å². The second kappa shape index (κ2) is 8.90. The van der Waals surface area contributed by atoms with E-state index in [9.17, 15) is 4.79 Å². The molecule has 0 saturated carbocycles. The van der Waals surface area contributed by atoms with Crippen molar-refractivity contribution >= 4 is 36.6 Å². The van der Waals surface area contributed by atoms with E-state index >= 15 is 0 Å². The third-order valence-corrected chi connectivity index (χ3v) is 3.42. The van der Waals surface area contributed by atoms with Crippen LogP contribution in [-0.2, 0) is 9.53 Å². The van der Waals surface area contributed by atoms with Crippen LogP contribution in [0.4, 0.5) is 0 Å². The number of nitrogens with two attached hydrogens (primary N) is 2. The summed E-state index contributed by atoms with van der Waals surface area (Å²) in [5.74, 6) is 5.70. The molecular formula is C8H17IN4O2S. The van der Waals surface area contributed by atoms with Gasteiger partial charge in [0.2, 0.25) is 0 Å². The summed E-state index contributed by atoms with van der Waals surface area (Å²) in [4.78, 5) is 12.2. The van der Waals surface area contributed by atoms with Crippen molar-refractivity contribution in [2.45, 2.75) is 6.10 Å². The number of carbonyl (C=O) groups excluding carboxylic acids is 1. The Morgan fingerprint density at radius 3 is 2.62 bits per heavy atom. The van der Waals surface area contributed by atoms with Gasteiger partial charge in [-0.05, 0) is 23.0 Å². The summed E-state index contributed by atoms with van der Waals surface area (Å²) in [6.07, 6.45) is 1.33. The van der Waals surface area contributed by atoms with Gasteiger partial charge in [-0.2, -0.15) is 0 Å². The summed E-state index contributed by atoms with van der Waals surface area (Å²) in [6.45, 7) is 1.44. The molecule has 94 valence electrons. The van der Waals surface area contributed by atoms with E-state index in [-0.39, 0.29) is 6.10 Å². The van der Waals surface area contributed by atoms with Crippen LogP contribution in [0.15, 0.2) is 11.2 Å². The Bertz CT molecular complexity index is 240. The molecule has 0 aliphatic rings. The molecular weight excluding hydrogens is 343 g/mol. The maximum Gasteiger partial charge on any atom is 0.293 e. The lowest BCUT2D eigenvalue weighted by Gasteiger charge is -2.23. The van der Waals surface area contributed by atoms with Gasteiger partial charge in [-0.3, -0.25) is 4.79 Å². The molecule has 1 atom stereocenters. The third kappa shape index (κ3) is 8.02. The van der Waals surface area contributed by atoms with E-state index in [1.807, 2.05) is 19.0 Å². The molecule has 0 aromatic carbocycles. The largest absolute Gasteiger partial charge is 0.461 e. The van der Waals surface area contributed by atoms with Crippen LogP contribution < -0.4 is 11.6 Å². The summed E-state index contributed by atoms with van der Waals surface area (Å²) >= 11 is 2.06. The summed E-state index contributed by atoms with van der Waals surface area (Å²) in [6, 6.07) is 0. The van der Waals surface area contributed by atoms with Crippen LogP contribution in [0.3, 0.4) is 0 Å². The zero-order chi connectivity index (χ0) is 12.6. The second-order valence-corrected chi connectivity index (χ2v) is 5.37. The van der Waals surface area contributed by atoms with Gasteiger partial charge in [-0.25, -0.2) is 5.84 Å². The van der Waals surface area contributed by atoms with Crippen molar-refractivity contribution in [3.05, 3.63) is 11.2 Å². The van der Waals surface area contributed by atoms with Gasteiger partial charge in [-0.15, -0.1) is 0 Å². The van der Waals surface area contributed by atoms with Crippen molar-refractivity contribution in [2.24, 2.45) is 11.6 Å². The summed E-state index contributed by atoms with van der Waals surface area (Å²) in [7, 11) is 5.17. The van der Waals surface area contributed by atoms with E-state index in [1.54, 1.807) is 6.20 Å². The summed E-state index contributed by atoms with van der Waals surface area (Å²) < 4.78 is 4.92. The minimum absolute atomic E-state index is 0.277. The monoisotopic (exact) mass is 360 g/mol. The van der Waals surface area contributed by atoms with Crippen molar-refractivity contribution < 1.29 is 9.53 Å². The number of carbonyl (C=O) groups is 1. The normalized spacial score (nSPS) is 13.7. The Labute approximate surface area is 112 Å². The molecule has 0 bridgehead atoms. The molecule has 1 unspecified atom stereocenters. The highest BCUT2D eigenvalue weighted by atomic mass is 127. The molecule has 0 aromatic heterocycles. The number of hydrogen-bond acceptors (Lipinski definition) is 7. The Morgan fingerprint density at radius 1 is 1.56 bits per heavy atom. The topological polar surface area (TPSA) is 84.8 Å². The van der Waals surface area contributed by atoms with E-state index in [1.165, 1.54) is 13.9 Å². The Kier molecular flexibility index (Phi) is 8.80. The van der Waals surface area contributed by atoms with Crippen LogP contribution in [0.5, 0.6) is 0 Å². The molecule has 0 aliphatic heterocycles. The molecule has 4 N–H and O–H groups in total. The van der Waals surface area contributed by atoms with E-state index in [4.69, 9.17) is 16.3 Å². The van der Waals surface area contributed by atoms with Crippen LogP contribution in [0.1, 0.15) is 0 Å². The lowest BCUT2D eigenvalue weighted by Crippen LogP contribution is -2.40. The number of hydrazine groups is 1. The van der Waals surface area contributed by atoms with E-state index < -0.39 is 0 Å². The molecule has 0 rings (SSSR count). The first-order chi connectivity index (χ1) is 7.49. The van der Waals surface area contributed by atoms with Gasteiger partial charge in [0, 0.05) is 34.0 Å². The number of rotatable bonds is 8. The van der Waals surface area contributed by atoms with Gasteiger partial charge in [0.05, 0.1) is 11.6 Å². The van der Waals surface area contributed by atoms with Crippen molar-refractivity contribution in [3.63, 3.8) is 0 Å². The molecule has 0 heterocycles. The Hall–Kier alpha value is -0.190. The first-order valence-electron chi connectivity index (χ1n) is 4.50. The fourth-order valence-corrected chi connectivity index (χ4v) is 1.62. The lowest BCUT2D eigenvalue weighted by molar-refractivity contribution is -0.134. The predicted octanol–water partition coefficient (Wildman–Crippen LogP) is 0.106. The van der Waals surface area contributed by atoms with Crippen LogP contribution >= 0.6 is 30.1 Å². The number of likely N-dealkylation sites (N-methyl/N-ethyl adjacent to an activating group) is 1. The van der Waals surface area contributed by atoms with Crippen LogP contribution in [0, 0.1) is 0 Å². The average molecular weight is 360 g/mol. The third-order valence-electron chi connectivity index (χ3n) is 1.61. The molecule has 16 heavy (non-hydrogen) atoms. The molecule has 0 aliphatic carbocycles. The minimum atomic E-state index is -0.277. The highest BCUT2D eigenvalue weighted by molar-refractivity contribution is 14.2. The molecule has 0 spiro atoms. The number of hydrogen-bond donors (Lipinski definition) is 2. The highest BCUT2D eigenvalue weighted by Gasteiger charge is 2.12. The Balaban J connectivity index is 4.21. The van der Waals surface area contributed by atoms with Crippen molar-refractivity contribution in [1.29, 1.82) is 0 Å². The maximum atomic E-state index is 10.3. The molecule has 6 nitrogen and oxygen atoms in total. The minimum Gasteiger partial charge on any atom is -0.461 e. The zero-order valence-corrected chi connectivity index (χ0v) is 12.3. The number of nitrogens with zero attached hydrogens (tertiary/aromatic N) is 2. The molecule has 0 fully saturated rings. The van der Waals surface area contributed by atoms with Crippen molar-refractivity contribution in [3.8, 4) is 0 Å². The van der Waals surface area contributed by atoms with E-state index in [0.29, 0.717) is 24.6 Å². The van der Waals surface area contributed by atoms with Crippen LogP contribution in [0.2, 0.25) is 0 Å². The molecule has 0 aromatic rings. The zero-order valence-electron chi connectivity index (χ0n) is 9.30. The van der Waals surface area contributed by atoms with Crippen molar-refractivity contribution in [2.75, 3.05) is 27.2 Å².